The Hall–Kier alpha value is -5.13. The Balaban J connectivity index is 1.12. The van der Waals surface area contributed by atoms with Gasteiger partial charge < -0.3 is 14.9 Å². The van der Waals surface area contributed by atoms with E-state index in [1.54, 1.807) is 11.3 Å². The second-order valence-electron chi connectivity index (χ2n) is 12.0. The summed E-state index contributed by atoms with van der Waals surface area (Å²) in [5.74, 6) is 0. The van der Waals surface area contributed by atoms with Crippen LogP contribution >= 0.6 is 11.3 Å². The predicted molar refractivity (Wildman–Crippen MR) is 192 cm³/mol. The van der Waals surface area contributed by atoms with E-state index in [4.69, 9.17) is 10.7 Å². The first-order chi connectivity index (χ1) is 22.2. The van der Waals surface area contributed by atoms with Gasteiger partial charge in [-0.3, -0.25) is 4.99 Å². The van der Waals surface area contributed by atoms with Crippen molar-refractivity contribution in [2.24, 2.45) is 4.99 Å². The summed E-state index contributed by atoms with van der Waals surface area (Å²) in [7, 11) is 0. The topological polar surface area (TPSA) is 48.2 Å². The maximum atomic E-state index is 6.52. The average molecular weight is 601 g/mol. The molecule has 0 radical (unpaired) electrons. The van der Waals surface area contributed by atoms with Crippen LogP contribution in [0.1, 0.15) is 40.2 Å². The molecule has 3 heterocycles. The number of rotatable bonds is 5. The lowest BCUT2D eigenvalue weighted by Gasteiger charge is -2.22. The van der Waals surface area contributed by atoms with Crippen molar-refractivity contribution < 1.29 is 0 Å². The fourth-order valence-electron chi connectivity index (χ4n) is 7.43. The third-order valence-electron chi connectivity index (χ3n) is 9.55. The van der Waals surface area contributed by atoms with Crippen molar-refractivity contribution in [1.82, 2.24) is 9.13 Å². The maximum absolute atomic E-state index is 6.52. The van der Waals surface area contributed by atoms with Gasteiger partial charge in [0.1, 0.15) is 0 Å². The average Bonchev–Trinajstić information content (AvgIpc) is 3.72. The summed E-state index contributed by atoms with van der Waals surface area (Å²) in [5.41, 5.74) is 19.4. The lowest BCUT2D eigenvalue weighted by atomic mass is 9.85. The van der Waals surface area contributed by atoms with Gasteiger partial charge in [-0.2, -0.15) is 0 Å². The molecule has 0 amide bonds. The standard InChI is InChI=1S/C40H32N4S/c41-40-32-14-6-9-17-38(32)45-39(40)24-42-25-43-34-15-7-4-12-29(34)31-20-18-27(23-37(31)43)26-19-21-36-33(22-26)30-13-5-8-16-35(30)44(36)28-10-2-1-3-11-28/h1-17,22-23,25H,18-21,24,41H2. The van der Waals surface area contributed by atoms with Crippen molar-refractivity contribution in [2.45, 2.75) is 32.2 Å². The summed E-state index contributed by atoms with van der Waals surface area (Å²) in [5, 5.41) is 3.77. The molecule has 4 aromatic carbocycles. The van der Waals surface area contributed by atoms with E-state index >= 15 is 0 Å². The summed E-state index contributed by atoms with van der Waals surface area (Å²) in [4.78, 5) is 6.07. The highest BCUT2D eigenvalue weighted by molar-refractivity contribution is 7.19. The maximum Gasteiger partial charge on any atom is 0.0945 e. The van der Waals surface area contributed by atoms with Crippen LogP contribution in [0.4, 0.5) is 5.69 Å². The number of para-hydroxylation sites is 3. The minimum absolute atomic E-state index is 0.572. The minimum atomic E-state index is 0.572. The van der Waals surface area contributed by atoms with Gasteiger partial charge in [0, 0.05) is 37.8 Å². The van der Waals surface area contributed by atoms with E-state index in [0.29, 0.717) is 6.54 Å². The Morgan fingerprint density at radius 1 is 0.689 bits per heavy atom. The Bertz CT molecular complexity index is 2360. The van der Waals surface area contributed by atoms with Crippen LogP contribution in [0.2, 0.25) is 0 Å². The van der Waals surface area contributed by atoms with Crippen LogP contribution in [0.25, 0.3) is 49.7 Å². The Kier molecular flexibility index (Phi) is 6.13. The van der Waals surface area contributed by atoms with Gasteiger partial charge in [0.2, 0.25) is 0 Å². The van der Waals surface area contributed by atoms with Gasteiger partial charge in [0.25, 0.3) is 0 Å². The number of allylic oxidation sites excluding steroid dienone is 2. The molecule has 45 heavy (non-hydrogen) atoms. The van der Waals surface area contributed by atoms with Crippen molar-refractivity contribution in [3.05, 3.63) is 142 Å². The molecular formula is C40H32N4S. The zero-order chi connectivity index (χ0) is 29.9. The summed E-state index contributed by atoms with van der Waals surface area (Å²) < 4.78 is 5.97. The molecule has 0 saturated carbocycles. The van der Waals surface area contributed by atoms with Crippen molar-refractivity contribution in [3.8, 4) is 5.69 Å². The summed E-state index contributed by atoms with van der Waals surface area (Å²) >= 11 is 1.74. The molecule has 0 saturated heterocycles. The normalized spacial score (nSPS) is 14.7. The highest BCUT2D eigenvalue weighted by atomic mass is 32.1. The Labute approximate surface area is 266 Å². The lowest BCUT2D eigenvalue weighted by Crippen LogP contribution is -2.09. The van der Waals surface area contributed by atoms with Crippen molar-refractivity contribution in [2.75, 3.05) is 5.73 Å². The molecule has 5 heteroatoms. The Morgan fingerprint density at radius 3 is 2.22 bits per heavy atom. The molecule has 0 atom stereocenters. The smallest absolute Gasteiger partial charge is 0.0945 e. The number of hydrogen-bond donors (Lipinski definition) is 1. The largest absolute Gasteiger partial charge is 0.397 e. The second-order valence-corrected chi connectivity index (χ2v) is 13.2. The van der Waals surface area contributed by atoms with Gasteiger partial charge in [-0.25, -0.2) is 0 Å². The number of nitrogens with zero attached hydrogens (tertiary/aromatic N) is 3. The van der Waals surface area contributed by atoms with Crippen LogP contribution in [-0.4, -0.2) is 15.5 Å². The van der Waals surface area contributed by atoms with Gasteiger partial charge in [-0.1, -0.05) is 72.8 Å². The van der Waals surface area contributed by atoms with Crippen LogP contribution in [0.5, 0.6) is 0 Å². The molecule has 0 bridgehead atoms. The molecule has 3 aromatic heterocycles. The zero-order valence-electron chi connectivity index (χ0n) is 24.9. The van der Waals surface area contributed by atoms with Gasteiger partial charge in [-0.15, -0.1) is 11.3 Å². The third kappa shape index (κ3) is 4.22. The van der Waals surface area contributed by atoms with E-state index in [0.717, 1.165) is 41.6 Å². The number of aromatic nitrogens is 2. The number of hydrogen-bond acceptors (Lipinski definition) is 3. The number of nitrogens with two attached hydrogens (primary N) is 1. The second kappa shape index (κ2) is 10.5. The molecule has 0 unspecified atom stereocenters. The van der Waals surface area contributed by atoms with Gasteiger partial charge >= 0.3 is 0 Å². The summed E-state index contributed by atoms with van der Waals surface area (Å²) in [6, 6.07) is 36.7. The molecule has 218 valence electrons. The Morgan fingerprint density at radius 2 is 1.38 bits per heavy atom. The van der Waals surface area contributed by atoms with Crippen LogP contribution in [0.3, 0.4) is 0 Å². The number of nitrogen functional groups attached to an aromatic ring is 1. The van der Waals surface area contributed by atoms with E-state index in [2.05, 4.69) is 118 Å². The first-order valence-electron chi connectivity index (χ1n) is 15.7. The fourth-order valence-corrected chi connectivity index (χ4v) is 8.49. The number of benzene rings is 4. The fraction of sp³-hybridized carbons (Fsp3) is 0.125. The van der Waals surface area contributed by atoms with Gasteiger partial charge in [-0.05, 0) is 84.9 Å². The van der Waals surface area contributed by atoms with Crippen molar-refractivity contribution >= 4 is 67.4 Å². The molecule has 0 aliphatic heterocycles. The van der Waals surface area contributed by atoms with Crippen LogP contribution in [0.15, 0.2) is 119 Å². The summed E-state index contributed by atoms with van der Waals surface area (Å²) in [6.07, 6.45) is 11.1. The zero-order valence-corrected chi connectivity index (χ0v) is 25.7. The van der Waals surface area contributed by atoms with E-state index in [1.165, 1.54) is 65.9 Å². The molecular weight excluding hydrogens is 569 g/mol. The number of thiophene rings is 1. The van der Waals surface area contributed by atoms with Crippen molar-refractivity contribution in [3.63, 3.8) is 0 Å². The molecule has 2 N–H and O–H groups in total. The molecule has 2 aliphatic carbocycles. The molecule has 2 aliphatic rings. The van der Waals surface area contributed by atoms with Crippen LogP contribution < -0.4 is 5.73 Å². The van der Waals surface area contributed by atoms with Crippen LogP contribution in [0, 0.1) is 0 Å². The van der Waals surface area contributed by atoms with Gasteiger partial charge in [0.15, 0.2) is 0 Å². The predicted octanol–water partition coefficient (Wildman–Crippen LogP) is 9.82. The molecule has 7 aromatic rings. The molecule has 4 nitrogen and oxygen atoms in total. The monoisotopic (exact) mass is 600 g/mol. The number of aryl methyl sites for hydroxylation is 1. The first-order valence-corrected chi connectivity index (χ1v) is 16.5. The number of aliphatic imine (C=N–C) groups is 1. The highest BCUT2D eigenvalue weighted by Gasteiger charge is 2.25. The van der Waals surface area contributed by atoms with Gasteiger partial charge in [0.05, 0.1) is 40.2 Å². The minimum Gasteiger partial charge on any atom is -0.397 e. The summed E-state index contributed by atoms with van der Waals surface area (Å²) in [6.45, 7) is 0.572. The van der Waals surface area contributed by atoms with E-state index in [9.17, 15) is 0 Å². The third-order valence-corrected chi connectivity index (χ3v) is 10.7. The first kappa shape index (κ1) is 26.3. The van der Waals surface area contributed by atoms with E-state index in [1.807, 2.05) is 12.4 Å². The molecule has 0 spiro atoms. The SMILES string of the molecule is Nc1c(CN=Cn2c3c(c4ccccc42)CCC(C2=Cc4c(n(-c5ccccc5)c5ccccc45)CC2)=C3)sc2ccccc12. The van der Waals surface area contributed by atoms with E-state index in [-0.39, 0.29) is 0 Å². The van der Waals surface area contributed by atoms with Crippen LogP contribution in [-0.2, 0) is 19.4 Å². The lowest BCUT2D eigenvalue weighted by molar-refractivity contribution is 0.835. The number of fused-ring (bicyclic) bond motifs is 7. The van der Waals surface area contributed by atoms with Crippen molar-refractivity contribution in [1.29, 1.82) is 0 Å². The van der Waals surface area contributed by atoms with E-state index < -0.39 is 0 Å². The molecule has 0 fully saturated rings. The highest BCUT2D eigenvalue weighted by Crippen LogP contribution is 2.41. The quantitative estimate of drug-likeness (QED) is 0.155. The molecule has 9 rings (SSSR count). The number of anilines is 1.